The lowest BCUT2D eigenvalue weighted by atomic mass is 10.1. The van der Waals surface area contributed by atoms with E-state index in [-0.39, 0.29) is 17.2 Å². The second kappa shape index (κ2) is 4.76. The van der Waals surface area contributed by atoms with Crippen LogP contribution in [0.5, 0.6) is 0 Å². The third-order valence-electron chi connectivity index (χ3n) is 1.91. The van der Waals surface area contributed by atoms with Gasteiger partial charge in [-0.2, -0.15) is 0 Å². The van der Waals surface area contributed by atoms with Crippen molar-refractivity contribution in [2.24, 2.45) is 5.73 Å². The lowest BCUT2D eigenvalue weighted by Gasteiger charge is -2.00. The molecule has 16 heavy (non-hydrogen) atoms. The second-order valence-electron chi connectivity index (χ2n) is 3.12. The Labute approximate surface area is 96.7 Å². The van der Waals surface area contributed by atoms with E-state index in [1.165, 1.54) is 31.2 Å². The molecule has 0 saturated carbocycles. The highest BCUT2D eigenvalue weighted by Crippen LogP contribution is 2.23. The summed E-state index contributed by atoms with van der Waals surface area (Å²) in [5, 5.41) is 10.8. The molecule has 0 fully saturated rings. The fraction of sp³-hybridized carbons (Fsp3) is 0.100. The molecule has 0 aliphatic carbocycles. The average molecular weight is 241 g/mol. The molecular weight excluding hydrogens is 232 g/mol. The highest BCUT2D eigenvalue weighted by Gasteiger charge is 2.09. The Kier molecular flexibility index (Phi) is 3.63. The molecule has 2 N–H and O–H groups in total. The van der Waals surface area contributed by atoms with Gasteiger partial charge in [0.05, 0.1) is 10.6 Å². The number of non-ortho nitro benzene ring substituents is 1. The first-order valence-electron chi connectivity index (χ1n) is 4.34. The van der Waals surface area contributed by atoms with Gasteiger partial charge in [-0.1, -0.05) is 11.6 Å². The van der Waals surface area contributed by atoms with E-state index in [1.807, 2.05) is 0 Å². The number of hydrogen-bond donors (Lipinski definition) is 1. The van der Waals surface area contributed by atoms with Gasteiger partial charge in [-0.25, -0.2) is 0 Å². The molecule has 0 aromatic heterocycles. The Morgan fingerprint density at radius 3 is 2.69 bits per heavy atom. The van der Waals surface area contributed by atoms with Crippen LogP contribution in [0.3, 0.4) is 0 Å². The third-order valence-corrected chi connectivity index (χ3v) is 2.25. The zero-order chi connectivity index (χ0) is 12.3. The predicted octanol–water partition coefficient (Wildman–Crippen LogP) is 2.14. The highest BCUT2D eigenvalue weighted by atomic mass is 35.5. The smallest absolute Gasteiger partial charge is 0.270 e. The molecular formula is C10H9ClN2O3. The number of Topliss-reactive ketones (excluding diaryl/α,β-unsaturated/α-hetero) is 1. The number of allylic oxidation sites excluding steroid dienone is 1. The van der Waals surface area contributed by atoms with Crippen LogP contribution >= 0.6 is 11.6 Å². The van der Waals surface area contributed by atoms with Gasteiger partial charge < -0.3 is 5.73 Å². The van der Waals surface area contributed by atoms with Crippen LogP contribution in [-0.2, 0) is 4.79 Å². The van der Waals surface area contributed by atoms with Gasteiger partial charge >= 0.3 is 0 Å². The Bertz CT molecular complexity index is 483. The van der Waals surface area contributed by atoms with E-state index in [0.717, 1.165) is 0 Å². The van der Waals surface area contributed by atoms with E-state index in [1.54, 1.807) is 0 Å². The van der Waals surface area contributed by atoms with Crippen LogP contribution in [0.25, 0.3) is 6.08 Å². The first-order valence-corrected chi connectivity index (χ1v) is 4.71. The maximum atomic E-state index is 10.9. The first kappa shape index (κ1) is 12.2. The molecule has 0 spiro atoms. The summed E-state index contributed by atoms with van der Waals surface area (Å²) in [6.45, 7) is 1.30. The molecule has 84 valence electrons. The number of nitrogens with zero attached hydrogens (tertiary/aromatic N) is 1. The standard InChI is InChI=1S/C10H9ClN2O3/c1-6(14)10(12)5-7-4-8(13(15)16)2-3-9(7)11/h2-5H,12H2,1H3/b10-5-. The van der Waals surface area contributed by atoms with Gasteiger partial charge in [0.15, 0.2) is 5.78 Å². The van der Waals surface area contributed by atoms with Gasteiger partial charge in [0, 0.05) is 29.6 Å². The van der Waals surface area contributed by atoms with Crippen LogP contribution in [0.15, 0.2) is 23.9 Å². The van der Waals surface area contributed by atoms with Crippen LogP contribution < -0.4 is 5.73 Å². The normalized spacial score (nSPS) is 11.2. The van der Waals surface area contributed by atoms with Crippen molar-refractivity contribution in [3.8, 4) is 0 Å². The summed E-state index contributed by atoms with van der Waals surface area (Å²) < 4.78 is 0. The Morgan fingerprint density at radius 2 is 2.19 bits per heavy atom. The Morgan fingerprint density at radius 1 is 1.56 bits per heavy atom. The first-order chi connectivity index (χ1) is 7.41. The van der Waals surface area contributed by atoms with Crippen LogP contribution in [-0.4, -0.2) is 10.7 Å². The molecule has 5 nitrogen and oxygen atoms in total. The molecule has 1 aromatic carbocycles. The lowest BCUT2D eigenvalue weighted by molar-refractivity contribution is -0.384. The SMILES string of the molecule is CC(=O)/C(N)=C/c1cc([N+](=O)[O-])ccc1Cl. The molecule has 1 aromatic rings. The number of ketones is 1. The highest BCUT2D eigenvalue weighted by molar-refractivity contribution is 6.32. The van der Waals surface area contributed by atoms with Crippen molar-refractivity contribution in [2.75, 3.05) is 0 Å². The monoisotopic (exact) mass is 240 g/mol. The number of carbonyl (C=O) groups is 1. The van der Waals surface area contributed by atoms with E-state index in [9.17, 15) is 14.9 Å². The van der Waals surface area contributed by atoms with Gasteiger partial charge in [-0.05, 0) is 12.1 Å². The van der Waals surface area contributed by atoms with Gasteiger partial charge in [0.1, 0.15) is 0 Å². The number of benzene rings is 1. The molecule has 0 aliphatic heterocycles. The van der Waals surface area contributed by atoms with Gasteiger partial charge in [-0.3, -0.25) is 14.9 Å². The van der Waals surface area contributed by atoms with Crippen molar-refractivity contribution in [3.63, 3.8) is 0 Å². The van der Waals surface area contributed by atoms with Gasteiger partial charge in [0.25, 0.3) is 5.69 Å². The minimum atomic E-state index is -0.544. The van der Waals surface area contributed by atoms with Crippen molar-refractivity contribution in [3.05, 3.63) is 44.6 Å². The number of nitrogens with two attached hydrogens (primary N) is 1. The molecule has 0 aliphatic rings. The number of nitro groups is 1. The van der Waals surface area contributed by atoms with E-state index >= 15 is 0 Å². The van der Waals surface area contributed by atoms with E-state index < -0.39 is 4.92 Å². The topological polar surface area (TPSA) is 86.2 Å². The molecule has 0 radical (unpaired) electrons. The molecule has 0 heterocycles. The molecule has 0 amide bonds. The summed E-state index contributed by atoms with van der Waals surface area (Å²) >= 11 is 5.82. The molecule has 0 saturated heterocycles. The molecule has 0 unspecified atom stereocenters. The second-order valence-corrected chi connectivity index (χ2v) is 3.53. The summed E-state index contributed by atoms with van der Waals surface area (Å²) in [7, 11) is 0. The van der Waals surface area contributed by atoms with Crippen molar-refractivity contribution in [1.82, 2.24) is 0 Å². The summed E-state index contributed by atoms with van der Waals surface area (Å²) in [5.74, 6) is -0.317. The maximum Gasteiger partial charge on any atom is 0.270 e. The summed E-state index contributed by atoms with van der Waals surface area (Å²) in [5.41, 5.74) is 5.67. The summed E-state index contributed by atoms with van der Waals surface area (Å²) in [6.07, 6.45) is 1.32. The minimum Gasteiger partial charge on any atom is -0.396 e. The van der Waals surface area contributed by atoms with Gasteiger partial charge in [-0.15, -0.1) is 0 Å². The summed E-state index contributed by atoms with van der Waals surface area (Å²) in [6, 6.07) is 3.93. The average Bonchev–Trinajstić information content (AvgIpc) is 2.20. The number of carbonyl (C=O) groups excluding carboxylic acids is 1. The largest absolute Gasteiger partial charge is 0.396 e. The number of nitro benzene ring substituents is 1. The van der Waals surface area contributed by atoms with Crippen LogP contribution in [0.2, 0.25) is 5.02 Å². The molecule has 0 atom stereocenters. The lowest BCUT2D eigenvalue weighted by Crippen LogP contribution is -2.06. The van der Waals surface area contributed by atoms with E-state index in [2.05, 4.69) is 0 Å². The summed E-state index contributed by atoms with van der Waals surface area (Å²) in [4.78, 5) is 20.9. The zero-order valence-corrected chi connectivity index (χ0v) is 9.19. The van der Waals surface area contributed by atoms with Gasteiger partial charge in [0.2, 0.25) is 0 Å². The quantitative estimate of drug-likeness (QED) is 0.498. The minimum absolute atomic E-state index is 0.00222. The number of halogens is 1. The van der Waals surface area contributed by atoms with E-state index in [0.29, 0.717) is 10.6 Å². The van der Waals surface area contributed by atoms with Crippen molar-refractivity contribution >= 4 is 29.1 Å². The van der Waals surface area contributed by atoms with Crippen molar-refractivity contribution in [1.29, 1.82) is 0 Å². The molecule has 6 heteroatoms. The fourth-order valence-electron chi connectivity index (χ4n) is 1.02. The van der Waals surface area contributed by atoms with Crippen LogP contribution in [0, 0.1) is 10.1 Å². The number of hydrogen-bond acceptors (Lipinski definition) is 4. The Balaban J connectivity index is 3.23. The van der Waals surface area contributed by atoms with Crippen molar-refractivity contribution < 1.29 is 9.72 Å². The third kappa shape index (κ3) is 2.80. The Hall–Kier alpha value is -1.88. The number of rotatable bonds is 3. The predicted molar refractivity (Wildman–Crippen MR) is 61.0 cm³/mol. The maximum absolute atomic E-state index is 10.9. The zero-order valence-electron chi connectivity index (χ0n) is 8.44. The van der Waals surface area contributed by atoms with Crippen molar-refractivity contribution in [2.45, 2.75) is 6.92 Å². The fourth-order valence-corrected chi connectivity index (χ4v) is 1.20. The van der Waals surface area contributed by atoms with Crippen LogP contribution in [0.4, 0.5) is 5.69 Å². The molecule has 0 bridgehead atoms. The van der Waals surface area contributed by atoms with E-state index in [4.69, 9.17) is 17.3 Å². The molecule has 1 rings (SSSR count). The van der Waals surface area contributed by atoms with Crippen LogP contribution in [0.1, 0.15) is 12.5 Å².